The van der Waals surface area contributed by atoms with E-state index < -0.39 is 12.0 Å². The van der Waals surface area contributed by atoms with Crippen molar-refractivity contribution in [1.82, 2.24) is 5.32 Å². The summed E-state index contributed by atoms with van der Waals surface area (Å²) in [5, 5.41) is 12.7. The van der Waals surface area contributed by atoms with Gasteiger partial charge in [0.1, 0.15) is 6.04 Å². The van der Waals surface area contributed by atoms with Crippen LogP contribution in [0.1, 0.15) is 31.4 Å². The maximum atomic E-state index is 11.5. The Labute approximate surface area is 151 Å². The maximum Gasteiger partial charge on any atom is 0.320 e. The highest BCUT2D eigenvalue weighted by Gasteiger charge is 2.20. The van der Waals surface area contributed by atoms with Crippen LogP contribution in [0.4, 0.5) is 0 Å². The summed E-state index contributed by atoms with van der Waals surface area (Å²) in [6.45, 7) is 4.82. The van der Waals surface area contributed by atoms with Gasteiger partial charge in [-0.15, -0.1) is 0 Å². The second-order valence-corrected chi connectivity index (χ2v) is 7.17. The Kier molecular flexibility index (Phi) is 7.68. The van der Waals surface area contributed by atoms with Crippen molar-refractivity contribution < 1.29 is 9.90 Å². The average Bonchev–Trinajstić information content (AvgIpc) is 2.59. The van der Waals surface area contributed by atoms with Gasteiger partial charge in [-0.25, -0.2) is 0 Å². The lowest BCUT2D eigenvalue weighted by Gasteiger charge is -2.22. The standard InChI is InChI=1S/C22H29NO2/c1-17(2)13-21(22(24)25)23-16-20(14-18-9-5-3-6-10-18)15-19-11-7-4-8-12-19/h3-12,17,20-21,23H,13-16H2,1-2H3,(H,24,25). The molecule has 0 aliphatic heterocycles. The fraction of sp³-hybridized carbons (Fsp3) is 0.409. The fourth-order valence-corrected chi connectivity index (χ4v) is 3.16. The first-order valence-electron chi connectivity index (χ1n) is 9.08. The van der Waals surface area contributed by atoms with Crippen molar-refractivity contribution in [3.05, 3.63) is 71.8 Å². The zero-order valence-corrected chi connectivity index (χ0v) is 15.2. The average molecular weight is 339 g/mol. The molecule has 2 aromatic carbocycles. The molecule has 0 radical (unpaired) electrons. The highest BCUT2D eigenvalue weighted by Crippen LogP contribution is 2.15. The number of hydrogen-bond acceptors (Lipinski definition) is 2. The minimum atomic E-state index is -0.758. The summed E-state index contributed by atoms with van der Waals surface area (Å²) in [5.74, 6) is -0.0408. The largest absolute Gasteiger partial charge is 0.480 e. The van der Waals surface area contributed by atoms with Gasteiger partial charge in [0, 0.05) is 0 Å². The van der Waals surface area contributed by atoms with Crippen molar-refractivity contribution in [2.24, 2.45) is 11.8 Å². The molecule has 25 heavy (non-hydrogen) atoms. The number of nitrogens with one attached hydrogen (secondary N) is 1. The molecule has 0 fully saturated rings. The first-order valence-corrected chi connectivity index (χ1v) is 9.08. The molecule has 0 aromatic heterocycles. The van der Waals surface area contributed by atoms with Crippen LogP contribution in [0.25, 0.3) is 0 Å². The topological polar surface area (TPSA) is 49.3 Å². The SMILES string of the molecule is CC(C)CC(NCC(Cc1ccccc1)Cc1ccccc1)C(=O)O. The van der Waals surface area contributed by atoms with Gasteiger partial charge in [0.25, 0.3) is 0 Å². The molecule has 0 spiro atoms. The minimum absolute atomic E-state index is 0.357. The van der Waals surface area contributed by atoms with E-state index in [2.05, 4.69) is 67.7 Å². The van der Waals surface area contributed by atoms with Gasteiger partial charge >= 0.3 is 5.97 Å². The van der Waals surface area contributed by atoms with E-state index in [4.69, 9.17) is 0 Å². The number of carbonyl (C=O) groups is 1. The Bertz CT molecular complexity index is 583. The van der Waals surface area contributed by atoms with Crippen LogP contribution in [-0.4, -0.2) is 23.7 Å². The molecule has 0 heterocycles. The highest BCUT2D eigenvalue weighted by molar-refractivity contribution is 5.73. The number of hydrogen-bond donors (Lipinski definition) is 2. The molecule has 1 atom stereocenters. The number of carboxylic acid groups (broad SMARTS) is 1. The Hall–Kier alpha value is -2.13. The predicted molar refractivity (Wildman–Crippen MR) is 103 cm³/mol. The summed E-state index contributed by atoms with van der Waals surface area (Å²) in [7, 11) is 0. The lowest BCUT2D eigenvalue weighted by Crippen LogP contribution is -2.41. The van der Waals surface area contributed by atoms with Crippen LogP contribution in [0.5, 0.6) is 0 Å². The van der Waals surface area contributed by atoms with Gasteiger partial charge in [0.05, 0.1) is 0 Å². The van der Waals surface area contributed by atoms with Gasteiger partial charge in [-0.3, -0.25) is 4.79 Å². The molecule has 3 nitrogen and oxygen atoms in total. The number of benzene rings is 2. The summed E-state index contributed by atoms with van der Waals surface area (Å²) in [6, 6.07) is 20.4. The molecular formula is C22H29NO2. The van der Waals surface area contributed by atoms with E-state index in [0.717, 1.165) is 12.8 Å². The van der Waals surface area contributed by atoms with Crippen molar-refractivity contribution >= 4 is 5.97 Å². The predicted octanol–water partition coefficient (Wildman–Crippen LogP) is 4.18. The summed E-state index contributed by atoms with van der Waals surface area (Å²) in [4.78, 5) is 11.5. The van der Waals surface area contributed by atoms with Crippen molar-refractivity contribution in [3.63, 3.8) is 0 Å². The zero-order valence-electron chi connectivity index (χ0n) is 15.2. The first-order chi connectivity index (χ1) is 12.0. The van der Waals surface area contributed by atoms with E-state index in [-0.39, 0.29) is 0 Å². The van der Waals surface area contributed by atoms with Gasteiger partial charge < -0.3 is 10.4 Å². The Morgan fingerprint density at radius 3 is 1.80 bits per heavy atom. The van der Waals surface area contributed by atoms with Crippen molar-refractivity contribution in [1.29, 1.82) is 0 Å². The molecule has 3 heteroatoms. The fourth-order valence-electron chi connectivity index (χ4n) is 3.16. The van der Waals surface area contributed by atoms with E-state index in [9.17, 15) is 9.90 Å². The molecular weight excluding hydrogens is 310 g/mol. The van der Waals surface area contributed by atoms with E-state index in [0.29, 0.717) is 24.8 Å². The molecule has 0 bridgehead atoms. The summed E-state index contributed by atoms with van der Waals surface area (Å²) in [6.07, 6.45) is 2.53. The molecule has 0 aliphatic carbocycles. The van der Waals surface area contributed by atoms with Crippen molar-refractivity contribution in [3.8, 4) is 0 Å². The number of carboxylic acids is 1. The lowest BCUT2D eigenvalue weighted by molar-refractivity contribution is -0.140. The van der Waals surface area contributed by atoms with Crippen LogP contribution >= 0.6 is 0 Å². The second kappa shape index (κ2) is 10.00. The summed E-state index contributed by atoms with van der Waals surface area (Å²) < 4.78 is 0. The third-order valence-corrected chi connectivity index (χ3v) is 4.39. The quantitative estimate of drug-likeness (QED) is 0.683. The van der Waals surface area contributed by atoms with Crippen LogP contribution in [-0.2, 0) is 17.6 Å². The second-order valence-electron chi connectivity index (χ2n) is 7.17. The first kappa shape index (κ1) is 19.2. The molecule has 2 N–H and O–H groups in total. The third kappa shape index (κ3) is 7.10. The molecule has 1 unspecified atom stereocenters. The molecule has 2 rings (SSSR count). The Morgan fingerprint density at radius 1 is 0.920 bits per heavy atom. The van der Waals surface area contributed by atoms with Crippen LogP contribution < -0.4 is 5.32 Å². The van der Waals surface area contributed by atoms with Crippen LogP contribution in [0.3, 0.4) is 0 Å². The molecule has 0 amide bonds. The molecule has 0 saturated carbocycles. The number of rotatable bonds is 10. The highest BCUT2D eigenvalue weighted by atomic mass is 16.4. The molecule has 2 aromatic rings. The van der Waals surface area contributed by atoms with E-state index in [1.54, 1.807) is 0 Å². The smallest absolute Gasteiger partial charge is 0.320 e. The summed E-state index contributed by atoms with van der Waals surface area (Å²) >= 11 is 0. The monoisotopic (exact) mass is 339 g/mol. The third-order valence-electron chi connectivity index (χ3n) is 4.39. The minimum Gasteiger partial charge on any atom is -0.480 e. The van der Waals surface area contributed by atoms with E-state index in [1.807, 2.05) is 12.1 Å². The van der Waals surface area contributed by atoms with Gasteiger partial charge in [-0.2, -0.15) is 0 Å². The van der Waals surface area contributed by atoms with Crippen LogP contribution in [0.15, 0.2) is 60.7 Å². The van der Waals surface area contributed by atoms with E-state index in [1.165, 1.54) is 11.1 Å². The van der Waals surface area contributed by atoms with Crippen LogP contribution in [0, 0.1) is 11.8 Å². The van der Waals surface area contributed by atoms with Gasteiger partial charge in [0.15, 0.2) is 0 Å². The zero-order chi connectivity index (χ0) is 18.1. The van der Waals surface area contributed by atoms with Crippen molar-refractivity contribution in [2.75, 3.05) is 6.54 Å². The van der Waals surface area contributed by atoms with Crippen molar-refractivity contribution in [2.45, 2.75) is 39.2 Å². The summed E-state index contributed by atoms with van der Waals surface area (Å²) in [5.41, 5.74) is 2.59. The van der Waals surface area contributed by atoms with Gasteiger partial charge in [0.2, 0.25) is 0 Å². The molecule has 0 saturated heterocycles. The Balaban J connectivity index is 2.03. The molecule has 0 aliphatic rings. The van der Waals surface area contributed by atoms with Gasteiger partial charge in [-0.1, -0.05) is 74.5 Å². The number of aliphatic carboxylic acids is 1. The molecule has 134 valence electrons. The Morgan fingerprint density at radius 2 is 1.40 bits per heavy atom. The normalized spacial score (nSPS) is 12.5. The van der Waals surface area contributed by atoms with E-state index >= 15 is 0 Å². The lowest BCUT2D eigenvalue weighted by atomic mass is 9.92. The van der Waals surface area contributed by atoms with Gasteiger partial charge in [-0.05, 0) is 48.8 Å². The van der Waals surface area contributed by atoms with Crippen LogP contribution in [0.2, 0.25) is 0 Å². The maximum absolute atomic E-state index is 11.5.